The zero-order chi connectivity index (χ0) is 8.97. The zero-order valence-electron chi connectivity index (χ0n) is 6.19. The maximum absolute atomic E-state index is 10.2. The second-order valence-electron chi connectivity index (χ2n) is 2.10. The first kappa shape index (κ1) is 8.48. The molecule has 5 heteroatoms. The Labute approximate surface area is 68.7 Å². The summed E-state index contributed by atoms with van der Waals surface area (Å²) >= 11 is 0. The van der Waals surface area contributed by atoms with E-state index in [0.717, 1.165) is 0 Å². The Morgan fingerprint density at radius 2 is 2.33 bits per heavy atom. The fourth-order valence-corrected chi connectivity index (χ4v) is 0.747. The monoisotopic (exact) mass is 168 g/mol. The second kappa shape index (κ2) is 3.68. The largest absolute Gasteiger partial charge is 0.465 e. The molecule has 0 aliphatic rings. The van der Waals surface area contributed by atoms with Crippen molar-refractivity contribution in [2.24, 2.45) is 0 Å². The highest BCUT2D eigenvalue weighted by Gasteiger charge is 1.99. The van der Waals surface area contributed by atoms with Gasteiger partial charge in [-0.05, 0) is 12.1 Å². The molecule has 0 aliphatic heterocycles. The Kier molecular flexibility index (Phi) is 2.60. The Morgan fingerprint density at radius 1 is 1.58 bits per heavy atom. The zero-order valence-corrected chi connectivity index (χ0v) is 6.19. The molecule has 0 saturated carbocycles. The average molecular weight is 168 g/mol. The number of nitrogens with one attached hydrogen (secondary N) is 1. The van der Waals surface area contributed by atoms with Gasteiger partial charge in [-0.25, -0.2) is 9.78 Å². The lowest BCUT2D eigenvalue weighted by Gasteiger charge is -2.00. The smallest absolute Gasteiger partial charge is 0.410 e. The van der Waals surface area contributed by atoms with Crippen molar-refractivity contribution < 1.29 is 15.0 Å². The number of rotatable bonds is 2. The number of hydrogen-bond donors (Lipinski definition) is 3. The summed E-state index contributed by atoms with van der Waals surface area (Å²) < 4.78 is 0. The molecule has 1 aromatic heterocycles. The quantitative estimate of drug-likeness (QED) is 0.605. The summed E-state index contributed by atoms with van der Waals surface area (Å²) in [5.74, 6) is 0.217. The fourth-order valence-electron chi connectivity index (χ4n) is 0.747. The van der Waals surface area contributed by atoms with E-state index in [0.29, 0.717) is 5.69 Å². The summed E-state index contributed by atoms with van der Waals surface area (Å²) in [6.45, 7) is -0.199. The lowest BCUT2D eigenvalue weighted by molar-refractivity contribution is 0.209. The first-order valence-corrected chi connectivity index (χ1v) is 3.29. The van der Waals surface area contributed by atoms with E-state index < -0.39 is 6.09 Å². The molecule has 1 rings (SSSR count). The first-order valence-electron chi connectivity index (χ1n) is 3.29. The standard InChI is InChI=1S/C7H8N2O3/c10-4-5-2-1-3-6(8-5)9-7(11)12/h1-3,10H,4H2,(H,8,9)(H,11,12). The molecule has 0 atom stereocenters. The van der Waals surface area contributed by atoms with Gasteiger partial charge in [-0.1, -0.05) is 6.07 Å². The van der Waals surface area contributed by atoms with Gasteiger partial charge in [0.25, 0.3) is 0 Å². The third-order valence-corrected chi connectivity index (χ3v) is 1.20. The number of aromatic nitrogens is 1. The van der Waals surface area contributed by atoms with Crippen LogP contribution in [0.1, 0.15) is 5.69 Å². The summed E-state index contributed by atoms with van der Waals surface area (Å²) in [6.07, 6.45) is -1.17. The van der Waals surface area contributed by atoms with Crippen LogP contribution in [0.4, 0.5) is 10.6 Å². The summed E-state index contributed by atoms with van der Waals surface area (Å²) in [5, 5.41) is 19.0. The van der Waals surface area contributed by atoms with Gasteiger partial charge in [-0.2, -0.15) is 0 Å². The van der Waals surface area contributed by atoms with Crippen molar-refractivity contribution in [2.45, 2.75) is 6.61 Å². The van der Waals surface area contributed by atoms with Crippen LogP contribution < -0.4 is 5.32 Å². The van der Waals surface area contributed by atoms with Crippen LogP contribution in [0.2, 0.25) is 0 Å². The first-order chi connectivity index (χ1) is 5.72. The van der Waals surface area contributed by atoms with Crippen LogP contribution in [0.5, 0.6) is 0 Å². The highest BCUT2D eigenvalue weighted by Crippen LogP contribution is 2.03. The molecule has 12 heavy (non-hydrogen) atoms. The molecule has 0 unspecified atom stereocenters. The van der Waals surface area contributed by atoms with Crippen molar-refractivity contribution >= 4 is 11.9 Å². The summed E-state index contributed by atoms with van der Waals surface area (Å²) in [7, 11) is 0. The highest BCUT2D eigenvalue weighted by molar-refractivity contribution is 5.81. The van der Waals surface area contributed by atoms with Gasteiger partial charge < -0.3 is 10.2 Å². The van der Waals surface area contributed by atoms with Crippen LogP contribution in [0, 0.1) is 0 Å². The van der Waals surface area contributed by atoms with Gasteiger partial charge in [-0.15, -0.1) is 0 Å². The van der Waals surface area contributed by atoms with Crippen LogP contribution in [0.25, 0.3) is 0 Å². The highest BCUT2D eigenvalue weighted by atomic mass is 16.4. The van der Waals surface area contributed by atoms with Crippen LogP contribution >= 0.6 is 0 Å². The van der Waals surface area contributed by atoms with Crippen molar-refractivity contribution in [1.82, 2.24) is 4.98 Å². The number of nitrogens with zero attached hydrogens (tertiary/aromatic N) is 1. The van der Waals surface area contributed by atoms with Crippen molar-refractivity contribution in [3.05, 3.63) is 23.9 Å². The predicted molar refractivity (Wildman–Crippen MR) is 41.8 cm³/mol. The summed E-state index contributed by atoms with van der Waals surface area (Å²) in [6, 6.07) is 4.73. The molecule has 1 heterocycles. The lowest BCUT2D eigenvalue weighted by Crippen LogP contribution is -2.09. The second-order valence-corrected chi connectivity index (χ2v) is 2.10. The summed E-state index contributed by atoms with van der Waals surface area (Å²) in [4.78, 5) is 13.9. The van der Waals surface area contributed by atoms with Crippen LogP contribution in [-0.4, -0.2) is 21.3 Å². The maximum atomic E-state index is 10.2. The van der Waals surface area contributed by atoms with Gasteiger partial charge >= 0.3 is 6.09 Å². The molecule has 0 aliphatic carbocycles. The van der Waals surface area contributed by atoms with Gasteiger partial charge in [0.15, 0.2) is 0 Å². The third-order valence-electron chi connectivity index (χ3n) is 1.20. The lowest BCUT2D eigenvalue weighted by atomic mass is 10.3. The number of anilines is 1. The molecule has 5 nitrogen and oxygen atoms in total. The topological polar surface area (TPSA) is 82.5 Å². The molecule has 64 valence electrons. The maximum Gasteiger partial charge on any atom is 0.410 e. The van der Waals surface area contributed by atoms with Gasteiger partial charge in [0.1, 0.15) is 5.82 Å². The molecule has 1 amide bonds. The molecule has 1 aromatic rings. The number of carboxylic acid groups (broad SMARTS) is 1. The Bertz CT molecular complexity index is 288. The van der Waals surface area contributed by atoms with Gasteiger partial charge in [-0.3, -0.25) is 5.32 Å². The van der Waals surface area contributed by atoms with E-state index in [9.17, 15) is 4.79 Å². The molecular formula is C7H8N2O3. The van der Waals surface area contributed by atoms with E-state index in [4.69, 9.17) is 10.2 Å². The number of pyridine rings is 1. The normalized spacial score (nSPS) is 9.42. The van der Waals surface area contributed by atoms with E-state index in [1.165, 1.54) is 6.07 Å². The number of aliphatic hydroxyl groups excluding tert-OH is 1. The molecule has 0 saturated heterocycles. The molecule has 0 fully saturated rings. The van der Waals surface area contributed by atoms with Crippen molar-refractivity contribution in [2.75, 3.05) is 5.32 Å². The van der Waals surface area contributed by atoms with E-state index >= 15 is 0 Å². The number of carbonyl (C=O) groups is 1. The van der Waals surface area contributed by atoms with Crippen LogP contribution in [0.3, 0.4) is 0 Å². The van der Waals surface area contributed by atoms with E-state index in [1.807, 2.05) is 0 Å². The third kappa shape index (κ3) is 2.21. The summed E-state index contributed by atoms with van der Waals surface area (Å²) in [5.41, 5.74) is 0.432. The van der Waals surface area contributed by atoms with Crippen molar-refractivity contribution in [3.8, 4) is 0 Å². The Balaban J connectivity index is 2.79. The molecule has 0 radical (unpaired) electrons. The molecule has 0 bridgehead atoms. The SMILES string of the molecule is O=C(O)Nc1cccc(CO)n1. The number of aliphatic hydroxyl groups is 1. The fraction of sp³-hybridized carbons (Fsp3) is 0.143. The van der Waals surface area contributed by atoms with Gasteiger partial charge in [0.2, 0.25) is 0 Å². The van der Waals surface area contributed by atoms with E-state index in [1.54, 1.807) is 12.1 Å². The van der Waals surface area contributed by atoms with E-state index in [2.05, 4.69) is 10.3 Å². The molecule has 0 aromatic carbocycles. The Hall–Kier alpha value is -1.62. The predicted octanol–water partition coefficient (Wildman–Crippen LogP) is 0.664. The van der Waals surface area contributed by atoms with Gasteiger partial charge in [0, 0.05) is 0 Å². The van der Waals surface area contributed by atoms with Crippen molar-refractivity contribution in [3.63, 3.8) is 0 Å². The number of hydrogen-bond acceptors (Lipinski definition) is 3. The van der Waals surface area contributed by atoms with Crippen LogP contribution in [-0.2, 0) is 6.61 Å². The van der Waals surface area contributed by atoms with Crippen molar-refractivity contribution in [1.29, 1.82) is 0 Å². The minimum atomic E-state index is -1.17. The van der Waals surface area contributed by atoms with Gasteiger partial charge in [0.05, 0.1) is 12.3 Å². The molecular weight excluding hydrogens is 160 g/mol. The molecule has 0 spiro atoms. The minimum absolute atomic E-state index is 0.199. The van der Waals surface area contributed by atoms with Crippen LogP contribution in [0.15, 0.2) is 18.2 Å². The average Bonchev–Trinajstić information content (AvgIpc) is 2.03. The Morgan fingerprint density at radius 3 is 2.92 bits per heavy atom. The molecule has 3 N–H and O–H groups in total. The van der Waals surface area contributed by atoms with E-state index in [-0.39, 0.29) is 12.4 Å². The number of amides is 1. The minimum Gasteiger partial charge on any atom is -0.465 e.